The summed E-state index contributed by atoms with van der Waals surface area (Å²) >= 11 is 1.58. The maximum atomic E-state index is 5.55. The highest BCUT2D eigenvalue weighted by atomic mass is 32.2. The first-order valence-corrected chi connectivity index (χ1v) is 9.48. The number of H-pyrrole nitrogens is 1. The number of aromatic amines is 1. The van der Waals surface area contributed by atoms with Crippen LogP contribution in [0, 0.1) is 0 Å². The Bertz CT molecular complexity index is 1140. The van der Waals surface area contributed by atoms with Gasteiger partial charge in [-0.3, -0.25) is 4.57 Å². The maximum Gasteiger partial charge on any atom is 0.205 e. The molecule has 3 heterocycles. The molecule has 0 atom stereocenters. The van der Waals surface area contributed by atoms with Crippen molar-refractivity contribution in [3.8, 4) is 17.3 Å². The number of thioether (sulfide) groups is 1. The molecule has 0 unspecified atom stereocenters. The molecule has 0 bridgehead atoms. The molecule has 2 aromatic carbocycles. The second kappa shape index (κ2) is 6.77. The maximum absolute atomic E-state index is 5.55. The normalized spacial score (nSPS) is 11.3. The van der Waals surface area contributed by atoms with Gasteiger partial charge in [-0.1, -0.05) is 42.1 Å². The predicted molar refractivity (Wildman–Crippen MR) is 105 cm³/mol. The lowest BCUT2D eigenvalue weighted by atomic mass is 10.3. The Morgan fingerprint density at radius 2 is 1.78 bits per heavy atom. The number of rotatable bonds is 5. The number of nitrogens with one attached hydrogen (secondary N) is 1. The van der Waals surface area contributed by atoms with Gasteiger partial charge in [0.05, 0.1) is 23.0 Å². The summed E-state index contributed by atoms with van der Waals surface area (Å²) in [4.78, 5) is 7.99. The summed E-state index contributed by atoms with van der Waals surface area (Å²) in [7, 11) is 0. The summed E-state index contributed by atoms with van der Waals surface area (Å²) in [5.74, 6) is 2.93. The van der Waals surface area contributed by atoms with Gasteiger partial charge in [0.25, 0.3) is 0 Å². The number of aromatic nitrogens is 5. The Kier molecular flexibility index (Phi) is 3.99. The van der Waals surface area contributed by atoms with E-state index in [-0.39, 0.29) is 0 Å². The molecule has 0 spiro atoms. The van der Waals surface area contributed by atoms with Crippen LogP contribution < -0.4 is 0 Å². The lowest BCUT2D eigenvalue weighted by molar-refractivity contribution is 0.575. The third-order valence-electron chi connectivity index (χ3n) is 4.17. The van der Waals surface area contributed by atoms with Crippen molar-refractivity contribution >= 4 is 22.8 Å². The van der Waals surface area contributed by atoms with Gasteiger partial charge in [-0.05, 0) is 36.4 Å². The minimum atomic E-state index is 0.664. The van der Waals surface area contributed by atoms with E-state index in [9.17, 15) is 0 Å². The van der Waals surface area contributed by atoms with Crippen molar-refractivity contribution in [2.45, 2.75) is 10.9 Å². The summed E-state index contributed by atoms with van der Waals surface area (Å²) in [5, 5.41) is 9.53. The van der Waals surface area contributed by atoms with Crippen LogP contribution in [-0.2, 0) is 5.75 Å². The van der Waals surface area contributed by atoms with Gasteiger partial charge in [0, 0.05) is 5.69 Å². The van der Waals surface area contributed by atoms with Crippen molar-refractivity contribution in [1.82, 2.24) is 24.7 Å². The van der Waals surface area contributed by atoms with Gasteiger partial charge in [0.1, 0.15) is 5.82 Å². The average molecular weight is 373 g/mol. The lowest BCUT2D eigenvalue weighted by Gasteiger charge is -2.08. The van der Waals surface area contributed by atoms with E-state index in [1.165, 1.54) is 0 Å². The van der Waals surface area contributed by atoms with Crippen molar-refractivity contribution in [3.05, 3.63) is 78.8 Å². The number of benzene rings is 2. The quantitative estimate of drug-likeness (QED) is 0.452. The third kappa shape index (κ3) is 3.02. The predicted octanol–water partition coefficient (Wildman–Crippen LogP) is 4.70. The zero-order valence-electron chi connectivity index (χ0n) is 14.2. The van der Waals surface area contributed by atoms with E-state index < -0.39 is 0 Å². The molecule has 0 amide bonds. The fourth-order valence-electron chi connectivity index (χ4n) is 2.95. The van der Waals surface area contributed by atoms with Crippen LogP contribution in [0.5, 0.6) is 0 Å². The molecule has 0 radical (unpaired) electrons. The van der Waals surface area contributed by atoms with Crippen LogP contribution in [0.4, 0.5) is 0 Å². The third-order valence-corrected chi connectivity index (χ3v) is 5.11. The Morgan fingerprint density at radius 3 is 2.59 bits per heavy atom. The fourth-order valence-corrected chi connectivity index (χ4v) is 3.77. The van der Waals surface area contributed by atoms with Gasteiger partial charge < -0.3 is 9.40 Å². The Balaban J connectivity index is 1.50. The Morgan fingerprint density at radius 1 is 0.926 bits per heavy atom. The van der Waals surface area contributed by atoms with Gasteiger partial charge >= 0.3 is 0 Å². The van der Waals surface area contributed by atoms with E-state index in [1.807, 2.05) is 71.3 Å². The fraction of sp³-hybridized carbons (Fsp3) is 0.0500. The summed E-state index contributed by atoms with van der Waals surface area (Å²) < 4.78 is 7.55. The van der Waals surface area contributed by atoms with Gasteiger partial charge in [0.2, 0.25) is 5.82 Å². The molecule has 132 valence electrons. The minimum absolute atomic E-state index is 0.664. The topological polar surface area (TPSA) is 72.5 Å². The molecule has 6 nitrogen and oxygen atoms in total. The zero-order valence-corrected chi connectivity index (χ0v) is 15.1. The molecule has 0 aliphatic rings. The number of para-hydroxylation sites is 3. The lowest BCUT2D eigenvalue weighted by Crippen LogP contribution is -1.99. The van der Waals surface area contributed by atoms with Gasteiger partial charge in [0.15, 0.2) is 10.9 Å². The molecule has 27 heavy (non-hydrogen) atoms. The van der Waals surface area contributed by atoms with Crippen LogP contribution in [0.25, 0.3) is 28.3 Å². The summed E-state index contributed by atoms with van der Waals surface area (Å²) in [6.45, 7) is 0. The van der Waals surface area contributed by atoms with Crippen molar-refractivity contribution < 1.29 is 4.42 Å². The highest BCUT2D eigenvalue weighted by Crippen LogP contribution is 2.29. The first-order valence-electron chi connectivity index (χ1n) is 8.49. The molecule has 5 rings (SSSR count). The standard InChI is InChI=1S/C20H15N5OS/c1-2-7-14(8-3-1)25-19(17-11-6-12-26-17)23-24-20(25)27-13-18-21-15-9-4-5-10-16(15)22-18/h1-12H,13H2,(H,21,22). The number of furan rings is 1. The minimum Gasteiger partial charge on any atom is -0.461 e. The van der Waals surface area contributed by atoms with E-state index in [0.717, 1.165) is 27.7 Å². The number of hydrogen-bond donors (Lipinski definition) is 1. The summed E-state index contributed by atoms with van der Waals surface area (Å²) in [6, 6.07) is 21.8. The highest BCUT2D eigenvalue weighted by molar-refractivity contribution is 7.98. The van der Waals surface area contributed by atoms with E-state index >= 15 is 0 Å². The smallest absolute Gasteiger partial charge is 0.205 e. The molecule has 7 heteroatoms. The summed E-state index contributed by atoms with van der Waals surface area (Å²) in [5.41, 5.74) is 2.99. The van der Waals surface area contributed by atoms with Crippen LogP contribution in [0.3, 0.4) is 0 Å². The molecule has 3 aromatic heterocycles. The Labute approximate surface area is 159 Å². The first kappa shape index (κ1) is 15.9. The van der Waals surface area contributed by atoms with E-state index in [1.54, 1.807) is 18.0 Å². The van der Waals surface area contributed by atoms with E-state index in [0.29, 0.717) is 17.3 Å². The van der Waals surface area contributed by atoms with Crippen molar-refractivity contribution in [3.63, 3.8) is 0 Å². The van der Waals surface area contributed by atoms with Crippen LogP contribution >= 0.6 is 11.8 Å². The van der Waals surface area contributed by atoms with Crippen LogP contribution in [-0.4, -0.2) is 24.7 Å². The summed E-state index contributed by atoms with van der Waals surface area (Å²) in [6.07, 6.45) is 1.64. The molecule has 0 saturated carbocycles. The SMILES string of the molecule is c1ccc(-n2c(SCc3nc4ccccc4[nH]3)nnc2-c2ccco2)cc1. The number of fused-ring (bicyclic) bond motifs is 1. The van der Waals surface area contributed by atoms with E-state index in [2.05, 4.69) is 20.2 Å². The van der Waals surface area contributed by atoms with Crippen LogP contribution in [0.2, 0.25) is 0 Å². The first-order chi connectivity index (χ1) is 13.4. The number of imidazole rings is 1. The highest BCUT2D eigenvalue weighted by Gasteiger charge is 2.18. The largest absolute Gasteiger partial charge is 0.461 e. The number of nitrogens with zero attached hydrogens (tertiary/aromatic N) is 4. The van der Waals surface area contributed by atoms with Gasteiger partial charge in [-0.15, -0.1) is 10.2 Å². The second-order valence-electron chi connectivity index (χ2n) is 5.94. The number of hydrogen-bond acceptors (Lipinski definition) is 5. The molecular weight excluding hydrogens is 358 g/mol. The van der Waals surface area contributed by atoms with Crippen molar-refractivity contribution in [1.29, 1.82) is 0 Å². The molecular formula is C20H15N5OS. The molecule has 0 saturated heterocycles. The van der Waals surface area contributed by atoms with Crippen LogP contribution in [0.15, 0.2) is 82.6 Å². The zero-order chi connectivity index (χ0) is 18.1. The van der Waals surface area contributed by atoms with Gasteiger partial charge in [-0.2, -0.15) is 0 Å². The average Bonchev–Trinajstić information content (AvgIpc) is 3.45. The molecule has 0 aliphatic carbocycles. The monoisotopic (exact) mass is 373 g/mol. The Hall–Kier alpha value is -3.32. The van der Waals surface area contributed by atoms with E-state index in [4.69, 9.17) is 4.42 Å². The van der Waals surface area contributed by atoms with Crippen molar-refractivity contribution in [2.24, 2.45) is 0 Å². The molecule has 1 N–H and O–H groups in total. The molecule has 0 fully saturated rings. The molecule has 0 aliphatic heterocycles. The van der Waals surface area contributed by atoms with Crippen LogP contribution in [0.1, 0.15) is 5.82 Å². The second-order valence-corrected chi connectivity index (χ2v) is 6.89. The van der Waals surface area contributed by atoms with Gasteiger partial charge in [-0.25, -0.2) is 4.98 Å². The molecule has 5 aromatic rings. The van der Waals surface area contributed by atoms with Crippen molar-refractivity contribution in [2.75, 3.05) is 0 Å².